The number of aromatic nitrogens is 1. The number of ketones is 1. The Morgan fingerprint density at radius 1 is 1.30 bits per heavy atom. The standard InChI is InChI=1S/C14H6Br2N2OS/c15-10-4-12(20-14(10)16)13(19)9-6-18-11-3-7(5-17)1-2-8(9)11/h1-4,6,18H. The Kier molecular flexibility index (Phi) is 3.50. The van der Waals surface area contributed by atoms with Gasteiger partial charge in [-0.1, -0.05) is 6.07 Å². The SMILES string of the molecule is N#Cc1ccc2c(C(=O)c3cc(Br)c(Br)s3)c[nH]c2c1. The number of rotatable bonds is 2. The van der Waals surface area contributed by atoms with Crippen LogP contribution in [0.5, 0.6) is 0 Å². The van der Waals surface area contributed by atoms with Crippen molar-refractivity contribution in [2.24, 2.45) is 0 Å². The van der Waals surface area contributed by atoms with E-state index in [1.165, 1.54) is 11.3 Å². The molecule has 1 N–H and O–H groups in total. The lowest BCUT2D eigenvalue weighted by molar-refractivity contribution is 0.104. The third kappa shape index (κ3) is 2.22. The molecule has 0 unspecified atom stereocenters. The quantitative estimate of drug-likeness (QED) is 0.614. The zero-order valence-electron chi connectivity index (χ0n) is 9.91. The van der Waals surface area contributed by atoms with Gasteiger partial charge in [-0.25, -0.2) is 0 Å². The molecule has 1 aromatic carbocycles. The predicted octanol–water partition coefficient (Wildman–Crippen LogP) is 4.86. The van der Waals surface area contributed by atoms with Crippen LogP contribution in [0.1, 0.15) is 20.8 Å². The van der Waals surface area contributed by atoms with Crippen molar-refractivity contribution in [3.8, 4) is 6.07 Å². The fourth-order valence-corrected chi connectivity index (χ4v) is 3.96. The first-order valence-corrected chi connectivity index (χ1v) is 8.01. The van der Waals surface area contributed by atoms with Gasteiger partial charge in [-0.05, 0) is 50.1 Å². The smallest absolute Gasteiger partial charge is 0.205 e. The van der Waals surface area contributed by atoms with Gasteiger partial charge in [0.1, 0.15) is 0 Å². The number of benzene rings is 1. The highest BCUT2D eigenvalue weighted by Crippen LogP contribution is 2.34. The van der Waals surface area contributed by atoms with E-state index in [1.807, 2.05) is 0 Å². The van der Waals surface area contributed by atoms with Gasteiger partial charge in [-0.2, -0.15) is 5.26 Å². The maximum absolute atomic E-state index is 12.5. The molecule has 0 aliphatic carbocycles. The minimum absolute atomic E-state index is 0.0302. The monoisotopic (exact) mass is 408 g/mol. The number of H-pyrrole nitrogens is 1. The number of aromatic amines is 1. The molecular formula is C14H6Br2N2OS. The average molecular weight is 410 g/mol. The van der Waals surface area contributed by atoms with Crippen LogP contribution in [0.2, 0.25) is 0 Å². The van der Waals surface area contributed by atoms with Gasteiger partial charge < -0.3 is 4.98 Å². The summed E-state index contributed by atoms with van der Waals surface area (Å²) in [6, 6.07) is 9.15. The molecule has 0 amide bonds. The summed E-state index contributed by atoms with van der Waals surface area (Å²) >= 11 is 8.17. The highest BCUT2D eigenvalue weighted by atomic mass is 79.9. The second kappa shape index (κ2) is 5.17. The van der Waals surface area contributed by atoms with E-state index < -0.39 is 0 Å². The zero-order chi connectivity index (χ0) is 14.3. The lowest BCUT2D eigenvalue weighted by atomic mass is 10.1. The van der Waals surface area contributed by atoms with Crippen LogP contribution in [-0.2, 0) is 0 Å². The van der Waals surface area contributed by atoms with E-state index in [1.54, 1.807) is 30.5 Å². The number of carbonyl (C=O) groups is 1. The molecule has 0 aliphatic heterocycles. The number of thiophene rings is 1. The molecule has 98 valence electrons. The first-order chi connectivity index (χ1) is 9.60. The van der Waals surface area contributed by atoms with Crippen molar-refractivity contribution in [1.29, 1.82) is 5.26 Å². The zero-order valence-corrected chi connectivity index (χ0v) is 13.9. The summed E-state index contributed by atoms with van der Waals surface area (Å²) < 4.78 is 1.77. The van der Waals surface area contributed by atoms with Crippen LogP contribution >= 0.6 is 43.2 Å². The second-order valence-corrected chi connectivity index (χ2v) is 7.36. The van der Waals surface area contributed by atoms with E-state index in [2.05, 4.69) is 42.9 Å². The van der Waals surface area contributed by atoms with Gasteiger partial charge in [0.25, 0.3) is 0 Å². The van der Waals surface area contributed by atoms with Crippen molar-refractivity contribution in [3.63, 3.8) is 0 Å². The third-order valence-electron chi connectivity index (χ3n) is 2.92. The summed E-state index contributed by atoms with van der Waals surface area (Å²) in [5.41, 5.74) is 1.98. The predicted molar refractivity (Wildman–Crippen MR) is 86.2 cm³/mol. The largest absolute Gasteiger partial charge is 0.360 e. The Balaban J connectivity index is 2.10. The van der Waals surface area contributed by atoms with Gasteiger partial charge in [0.15, 0.2) is 0 Å². The molecule has 0 spiro atoms. The van der Waals surface area contributed by atoms with E-state index in [0.717, 1.165) is 19.2 Å². The summed E-state index contributed by atoms with van der Waals surface area (Å²) in [5, 5.41) is 9.71. The maximum Gasteiger partial charge on any atom is 0.205 e. The number of hydrogen-bond acceptors (Lipinski definition) is 3. The lowest BCUT2D eigenvalue weighted by Crippen LogP contribution is -1.96. The average Bonchev–Trinajstić information content (AvgIpc) is 3.01. The van der Waals surface area contributed by atoms with Crippen molar-refractivity contribution < 1.29 is 4.79 Å². The molecule has 2 heterocycles. The molecule has 0 bridgehead atoms. The Morgan fingerprint density at radius 2 is 2.10 bits per heavy atom. The molecule has 20 heavy (non-hydrogen) atoms. The molecule has 3 aromatic rings. The molecule has 6 heteroatoms. The number of halogens is 2. The summed E-state index contributed by atoms with van der Waals surface area (Å²) in [4.78, 5) is 16.2. The van der Waals surface area contributed by atoms with Crippen molar-refractivity contribution in [1.82, 2.24) is 4.98 Å². The van der Waals surface area contributed by atoms with Crippen LogP contribution < -0.4 is 0 Å². The van der Waals surface area contributed by atoms with Crippen LogP contribution in [0.25, 0.3) is 10.9 Å². The molecule has 2 aromatic heterocycles. The number of fused-ring (bicyclic) bond motifs is 1. The van der Waals surface area contributed by atoms with E-state index in [0.29, 0.717) is 16.0 Å². The van der Waals surface area contributed by atoms with Gasteiger partial charge in [-0.15, -0.1) is 11.3 Å². The highest BCUT2D eigenvalue weighted by Gasteiger charge is 2.17. The topological polar surface area (TPSA) is 56.6 Å². The number of nitrogens with one attached hydrogen (secondary N) is 1. The molecule has 0 aliphatic rings. The number of hydrogen-bond donors (Lipinski definition) is 1. The van der Waals surface area contributed by atoms with Gasteiger partial charge in [-0.3, -0.25) is 4.79 Å². The van der Waals surface area contributed by atoms with Crippen LogP contribution in [0, 0.1) is 11.3 Å². The lowest BCUT2D eigenvalue weighted by Gasteiger charge is -1.96. The van der Waals surface area contributed by atoms with Gasteiger partial charge in [0.2, 0.25) is 5.78 Å². The molecule has 3 nitrogen and oxygen atoms in total. The number of carbonyl (C=O) groups excluding carboxylic acids is 1. The normalized spacial score (nSPS) is 10.7. The van der Waals surface area contributed by atoms with Gasteiger partial charge >= 0.3 is 0 Å². The van der Waals surface area contributed by atoms with Crippen molar-refractivity contribution >= 4 is 59.9 Å². The summed E-state index contributed by atoms with van der Waals surface area (Å²) in [6.45, 7) is 0. The van der Waals surface area contributed by atoms with E-state index in [-0.39, 0.29) is 5.78 Å². The molecular weight excluding hydrogens is 404 g/mol. The van der Waals surface area contributed by atoms with Crippen molar-refractivity contribution in [3.05, 3.63) is 54.7 Å². The molecule has 0 radical (unpaired) electrons. The van der Waals surface area contributed by atoms with Crippen molar-refractivity contribution in [2.45, 2.75) is 0 Å². The minimum Gasteiger partial charge on any atom is -0.360 e. The number of nitrogens with zero attached hydrogens (tertiary/aromatic N) is 1. The molecule has 0 saturated carbocycles. The number of nitriles is 1. The second-order valence-electron chi connectivity index (χ2n) is 4.14. The maximum atomic E-state index is 12.5. The molecule has 0 fully saturated rings. The van der Waals surface area contributed by atoms with Crippen LogP contribution in [0.3, 0.4) is 0 Å². The Hall–Kier alpha value is -1.42. The molecule has 3 rings (SSSR count). The first kappa shape index (κ1) is 13.6. The minimum atomic E-state index is -0.0302. The van der Waals surface area contributed by atoms with E-state index in [4.69, 9.17) is 5.26 Å². The fraction of sp³-hybridized carbons (Fsp3) is 0. The van der Waals surface area contributed by atoms with Crippen LogP contribution in [-0.4, -0.2) is 10.8 Å². The van der Waals surface area contributed by atoms with E-state index in [9.17, 15) is 4.79 Å². The third-order valence-corrected chi connectivity index (χ3v) is 6.18. The van der Waals surface area contributed by atoms with Crippen LogP contribution in [0.15, 0.2) is 38.7 Å². The Bertz CT molecular complexity index is 854. The van der Waals surface area contributed by atoms with Gasteiger partial charge in [0, 0.05) is 27.1 Å². The molecule has 0 atom stereocenters. The van der Waals surface area contributed by atoms with Gasteiger partial charge in [0.05, 0.1) is 20.3 Å². The van der Waals surface area contributed by atoms with Crippen molar-refractivity contribution in [2.75, 3.05) is 0 Å². The first-order valence-electron chi connectivity index (χ1n) is 5.61. The highest BCUT2D eigenvalue weighted by molar-refractivity contribution is 9.13. The summed E-state index contributed by atoms with van der Waals surface area (Å²) in [5.74, 6) is -0.0302. The van der Waals surface area contributed by atoms with E-state index >= 15 is 0 Å². The summed E-state index contributed by atoms with van der Waals surface area (Å²) in [7, 11) is 0. The Morgan fingerprint density at radius 3 is 2.75 bits per heavy atom. The Labute approximate surface area is 135 Å². The summed E-state index contributed by atoms with van der Waals surface area (Å²) in [6.07, 6.45) is 1.69. The molecule has 0 saturated heterocycles. The van der Waals surface area contributed by atoms with Crippen LogP contribution in [0.4, 0.5) is 0 Å². The fourth-order valence-electron chi connectivity index (χ4n) is 1.97.